The molecule has 0 spiro atoms. The zero-order valence-electron chi connectivity index (χ0n) is 9.04. The largest absolute Gasteiger partial charge is 0.374 e. The van der Waals surface area contributed by atoms with E-state index < -0.39 is 0 Å². The molecule has 2 nitrogen and oxygen atoms in total. The molecule has 0 aromatic heterocycles. The van der Waals surface area contributed by atoms with E-state index in [1.54, 1.807) is 0 Å². The van der Waals surface area contributed by atoms with Gasteiger partial charge >= 0.3 is 0 Å². The molecular weight excluding hydrogens is 252 g/mol. The number of nitrogens with zero attached hydrogens (tertiary/aromatic N) is 1. The van der Waals surface area contributed by atoms with E-state index in [1.165, 1.54) is 30.6 Å². The van der Waals surface area contributed by atoms with Crippen LogP contribution in [-0.4, -0.2) is 13.6 Å². The Morgan fingerprint density at radius 2 is 2.13 bits per heavy atom. The molecule has 0 amide bonds. The van der Waals surface area contributed by atoms with Gasteiger partial charge in [-0.3, -0.25) is 0 Å². The van der Waals surface area contributed by atoms with Crippen molar-refractivity contribution in [1.82, 2.24) is 0 Å². The summed E-state index contributed by atoms with van der Waals surface area (Å²) in [7, 11) is 2.15. The summed E-state index contributed by atoms with van der Waals surface area (Å²) in [5.74, 6) is 0.912. The summed E-state index contributed by atoms with van der Waals surface area (Å²) in [5, 5.41) is 0. The Hall–Kier alpha value is -0.540. The third kappa shape index (κ3) is 2.95. The minimum Gasteiger partial charge on any atom is -0.374 e. The fourth-order valence-corrected chi connectivity index (χ4v) is 2.29. The van der Waals surface area contributed by atoms with Gasteiger partial charge in [-0.05, 0) is 42.5 Å². The molecule has 0 heterocycles. The van der Waals surface area contributed by atoms with Crippen molar-refractivity contribution in [3.05, 3.63) is 28.2 Å². The van der Waals surface area contributed by atoms with Gasteiger partial charge in [0.05, 0.1) is 0 Å². The molecule has 0 bridgehead atoms. The van der Waals surface area contributed by atoms with Crippen LogP contribution in [0.25, 0.3) is 0 Å². The number of anilines is 1. The van der Waals surface area contributed by atoms with Gasteiger partial charge in [0.15, 0.2) is 0 Å². The number of benzene rings is 1. The maximum atomic E-state index is 5.66. The van der Waals surface area contributed by atoms with Gasteiger partial charge in [0.25, 0.3) is 0 Å². The van der Waals surface area contributed by atoms with E-state index in [9.17, 15) is 0 Å². The van der Waals surface area contributed by atoms with E-state index in [0.717, 1.165) is 10.4 Å². The summed E-state index contributed by atoms with van der Waals surface area (Å²) < 4.78 is 1.11. The standard InChI is InChI=1S/C12H17BrN2/c1-15(8-9-2-3-9)12-5-10(7-14)4-11(13)6-12/h4-6,9H,2-3,7-8,14H2,1H3. The molecule has 1 fully saturated rings. The van der Waals surface area contributed by atoms with Crippen molar-refractivity contribution in [2.75, 3.05) is 18.5 Å². The summed E-state index contributed by atoms with van der Waals surface area (Å²) in [6, 6.07) is 6.41. The molecule has 0 saturated heterocycles. The van der Waals surface area contributed by atoms with E-state index in [4.69, 9.17) is 5.73 Å². The van der Waals surface area contributed by atoms with Gasteiger partial charge in [0, 0.05) is 30.3 Å². The average molecular weight is 269 g/mol. The van der Waals surface area contributed by atoms with Crippen molar-refractivity contribution in [3.8, 4) is 0 Å². The van der Waals surface area contributed by atoms with Crippen molar-refractivity contribution < 1.29 is 0 Å². The first kappa shape index (κ1) is 11.0. The molecule has 0 radical (unpaired) electrons. The predicted octanol–water partition coefficient (Wildman–Crippen LogP) is 2.75. The SMILES string of the molecule is CN(CC1CC1)c1cc(Br)cc(CN)c1. The normalized spacial score (nSPS) is 15.4. The first-order chi connectivity index (χ1) is 7.19. The topological polar surface area (TPSA) is 29.3 Å². The van der Waals surface area contributed by atoms with Crippen molar-refractivity contribution in [1.29, 1.82) is 0 Å². The van der Waals surface area contributed by atoms with Crippen molar-refractivity contribution >= 4 is 21.6 Å². The molecular formula is C12H17BrN2. The minimum atomic E-state index is 0.601. The maximum Gasteiger partial charge on any atom is 0.0378 e. The van der Waals surface area contributed by atoms with Crippen LogP contribution in [0, 0.1) is 5.92 Å². The Morgan fingerprint density at radius 3 is 2.73 bits per heavy atom. The first-order valence-corrected chi connectivity index (χ1v) is 6.19. The number of hydrogen-bond acceptors (Lipinski definition) is 2. The van der Waals surface area contributed by atoms with Gasteiger partial charge in [-0.1, -0.05) is 15.9 Å². The van der Waals surface area contributed by atoms with Gasteiger partial charge in [-0.15, -0.1) is 0 Å². The van der Waals surface area contributed by atoms with Crippen LogP contribution in [0.3, 0.4) is 0 Å². The molecule has 1 saturated carbocycles. The Morgan fingerprint density at radius 1 is 1.40 bits per heavy atom. The first-order valence-electron chi connectivity index (χ1n) is 5.39. The third-order valence-electron chi connectivity index (χ3n) is 2.85. The number of halogens is 1. The fourth-order valence-electron chi connectivity index (χ4n) is 1.76. The maximum absolute atomic E-state index is 5.66. The van der Waals surface area contributed by atoms with Crippen LogP contribution in [0.15, 0.2) is 22.7 Å². The van der Waals surface area contributed by atoms with Crippen LogP contribution in [0.1, 0.15) is 18.4 Å². The Balaban J connectivity index is 2.13. The van der Waals surface area contributed by atoms with Gasteiger partial charge in [-0.2, -0.15) is 0 Å². The third-order valence-corrected chi connectivity index (χ3v) is 3.31. The zero-order valence-corrected chi connectivity index (χ0v) is 10.6. The van der Waals surface area contributed by atoms with Crippen LogP contribution in [0.4, 0.5) is 5.69 Å². The molecule has 0 unspecified atom stereocenters. The summed E-state index contributed by atoms with van der Waals surface area (Å²) in [6.45, 7) is 1.77. The van der Waals surface area contributed by atoms with Crippen LogP contribution < -0.4 is 10.6 Å². The monoisotopic (exact) mass is 268 g/mol. The van der Waals surface area contributed by atoms with Crippen LogP contribution >= 0.6 is 15.9 Å². The molecule has 2 rings (SSSR count). The van der Waals surface area contributed by atoms with Crippen molar-refractivity contribution in [3.63, 3.8) is 0 Å². The van der Waals surface area contributed by atoms with Crippen molar-refractivity contribution in [2.45, 2.75) is 19.4 Å². The van der Waals surface area contributed by atoms with Gasteiger partial charge in [-0.25, -0.2) is 0 Å². The van der Waals surface area contributed by atoms with Crippen LogP contribution in [0.2, 0.25) is 0 Å². The quantitative estimate of drug-likeness (QED) is 0.910. The second-order valence-corrected chi connectivity index (χ2v) is 5.26. The van der Waals surface area contributed by atoms with Crippen LogP contribution in [0.5, 0.6) is 0 Å². The highest BCUT2D eigenvalue weighted by molar-refractivity contribution is 9.10. The summed E-state index contributed by atoms with van der Waals surface area (Å²) in [5.41, 5.74) is 8.11. The molecule has 0 atom stereocenters. The Kier molecular flexibility index (Phi) is 3.32. The summed E-state index contributed by atoms with van der Waals surface area (Å²) in [6.07, 6.45) is 2.78. The predicted molar refractivity (Wildman–Crippen MR) is 68.0 cm³/mol. The van der Waals surface area contributed by atoms with Crippen molar-refractivity contribution in [2.24, 2.45) is 11.7 Å². The number of nitrogens with two attached hydrogens (primary N) is 1. The average Bonchev–Trinajstić information content (AvgIpc) is 3.00. The lowest BCUT2D eigenvalue weighted by atomic mass is 10.2. The number of rotatable bonds is 4. The lowest BCUT2D eigenvalue weighted by molar-refractivity contribution is 0.786. The smallest absolute Gasteiger partial charge is 0.0378 e. The molecule has 1 aliphatic carbocycles. The minimum absolute atomic E-state index is 0.601. The molecule has 1 aromatic rings. The second kappa shape index (κ2) is 4.54. The molecule has 3 heteroatoms. The highest BCUT2D eigenvalue weighted by Gasteiger charge is 2.23. The van der Waals surface area contributed by atoms with E-state index in [0.29, 0.717) is 6.54 Å². The second-order valence-electron chi connectivity index (χ2n) is 4.35. The van der Waals surface area contributed by atoms with E-state index >= 15 is 0 Å². The fraction of sp³-hybridized carbons (Fsp3) is 0.500. The highest BCUT2D eigenvalue weighted by atomic mass is 79.9. The Bertz CT molecular complexity index is 347. The molecule has 82 valence electrons. The number of hydrogen-bond donors (Lipinski definition) is 1. The van der Waals surface area contributed by atoms with Gasteiger partial charge in [0.1, 0.15) is 0 Å². The molecule has 1 aliphatic rings. The lowest BCUT2D eigenvalue weighted by Crippen LogP contribution is -2.20. The molecule has 15 heavy (non-hydrogen) atoms. The van der Waals surface area contributed by atoms with E-state index in [-0.39, 0.29) is 0 Å². The zero-order chi connectivity index (χ0) is 10.8. The summed E-state index contributed by atoms with van der Waals surface area (Å²) >= 11 is 3.52. The summed E-state index contributed by atoms with van der Waals surface area (Å²) in [4.78, 5) is 2.32. The van der Waals surface area contributed by atoms with E-state index in [2.05, 4.69) is 46.1 Å². The van der Waals surface area contributed by atoms with Gasteiger partial charge in [0.2, 0.25) is 0 Å². The molecule has 1 aromatic carbocycles. The highest BCUT2D eigenvalue weighted by Crippen LogP contribution is 2.31. The van der Waals surface area contributed by atoms with E-state index in [1.807, 2.05) is 0 Å². The lowest BCUT2D eigenvalue weighted by Gasteiger charge is -2.20. The molecule has 0 aliphatic heterocycles. The van der Waals surface area contributed by atoms with Gasteiger partial charge < -0.3 is 10.6 Å². The van der Waals surface area contributed by atoms with Crippen LogP contribution in [-0.2, 0) is 6.54 Å². The molecule has 2 N–H and O–H groups in total. The Labute approximate surface area is 99.6 Å².